The molecule has 0 radical (unpaired) electrons. The molecule has 0 aromatic heterocycles. The van der Waals surface area contributed by atoms with Crippen molar-refractivity contribution in [3.63, 3.8) is 0 Å². The second kappa shape index (κ2) is 12.3. The third-order valence-corrected chi connectivity index (χ3v) is 2.78. The Labute approximate surface area is 131 Å². The highest BCUT2D eigenvalue weighted by Gasteiger charge is 2.31. The molecule has 0 spiro atoms. The summed E-state index contributed by atoms with van der Waals surface area (Å²) in [6, 6.07) is 0. The Morgan fingerprint density at radius 3 is 1.73 bits per heavy atom. The summed E-state index contributed by atoms with van der Waals surface area (Å²) in [6.45, 7) is 10.6. The maximum atomic E-state index is 10.7. The van der Waals surface area contributed by atoms with Crippen LogP contribution in [0.2, 0.25) is 0 Å². The van der Waals surface area contributed by atoms with E-state index in [2.05, 4.69) is 0 Å². The van der Waals surface area contributed by atoms with Crippen molar-refractivity contribution in [3.05, 3.63) is 0 Å². The first kappa shape index (κ1) is 20.7. The number of carbonyl (C=O) groups is 3. The van der Waals surface area contributed by atoms with Crippen LogP contribution in [0.5, 0.6) is 0 Å². The normalized spacial score (nSPS) is 14.3. The summed E-state index contributed by atoms with van der Waals surface area (Å²) in [5.41, 5.74) is 0. The summed E-state index contributed by atoms with van der Waals surface area (Å²) in [7, 11) is 0. The third-order valence-electron chi connectivity index (χ3n) is 2.78. The van der Waals surface area contributed by atoms with Crippen LogP contribution in [0.3, 0.4) is 0 Å². The lowest BCUT2D eigenvalue weighted by Gasteiger charge is -2.16. The van der Waals surface area contributed by atoms with E-state index < -0.39 is 5.91 Å². The van der Waals surface area contributed by atoms with E-state index in [0.29, 0.717) is 24.7 Å². The molecule has 1 heterocycles. The van der Waals surface area contributed by atoms with Gasteiger partial charge in [0.2, 0.25) is 17.7 Å². The van der Waals surface area contributed by atoms with E-state index in [1.165, 1.54) is 6.92 Å². The molecular weight excluding hydrogens is 290 g/mol. The van der Waals surface area contributed by atoms with Gasteiger partial charge in [0, 0.05) is 39.6 Å². The van der Waals surface area contributed by atoms with Crippen LogP contribution in [0.15, 0.2) is 0 Å². The molecule has 7 heteroatoms. The van der Waals surface area contributed by atoms with Gasteiger partial charge in [-0.2, -0.15) is 0 Å². The average molecular weight is 317 g/mol. The van der Waals surface area contributed by atoms with Gasteiger partial charge in [-0.3, -0.25) is 14.4 Å². The number of amides is 3. The smallest absolute Gasteiger partial charge is 0.236 e. The molecule has 3 amide bonds. The van der Waals surface area contributed by atoms with Crippen LogP contribution >= 0.6 is 0 Å². The quantitative estimate of drug-likeness (QED) is 0.625. The second-order valence-electron chi connectivity index (χ2n) is 4.54. The maximum absolute atomic E-state index is 10.7. The number of likely N-dealkylation sites (tertiary alicyclic amines) is 1. The molecule has 128 valence electrons. The number of nitrogens with zero attached hydrogens (tertiary/aromatic N) is 1. The maximum Gasteiger partial charge on any atom is 0.236 e. The monoisotopic (exact) mass is 317 g/mol. The first-order valence-corrected chi connectivity index (χ1v) is 7.61. The minimum Gasteiger partial charge on any atom is -0.379 e. The number of rotatable bonds is 8. The van der Waals surface area contributed by atoms with Crippen molar-refractivity contribution in [2.45, 2.75) is 46.6 Å². The largest absolute Gasteiger partial charge is 0.379 e. The Morgan fingerprint density at radius 1 is 1.00 bits per heavy atom. The molecule has 0 N–H and O–H groups in total. The van der Waals surface area contributed by atoms with Gasteiger partial charge in [-0.1, -0.05) is 0 Å². The molecule has 1 aliphatic rings. The standard InChI is InChI=1S/C9H20O3.C6H7NO3/c1-4-10-7-9(12-6-3)8-11-5-2;1-4(8)7-5(9)2-3-6(7)10/h9H,4-8H2,1-3H3;2-3H2,1H3. The average Bonchev–Trinajstić information content (AvgIpc) is 2.82. The Kier molecular flexibility index (Phi) is 11.5. The molecule has 0 atom stereocenters. The number of carbonyl (C=O) groups excluding carboxylic acids is 3. The predicted molar refractivity (Wildman–Crippen MR) is 80.2 cm³/mol. The molecule has 1 aliphatic heterocycles. The number of imide groups is 3. The highest BCUT2D eigenvalue weighted by molar-refractivity contribution is 6.14. The molecule has 0 aliphatic carbocycles. The van der Waals surface area contributed by atoms with Crippen molar-refractivity contribution in [3.8, 4) is 0 Å². The Hall–Kier alpha value is -1.31. The van der Waals surface area contributed by atoms with E-state index >= 15 is 0 Å². The molecule has 1 saturated heterocycles. The highest BCUT2D eigenvalue weighted by atomic mass is 16.6. The van der Waals surface area contributed by atoms with Crippen LogP contribution in [0.1, 0.15) is 40.5 Å². The minimum absolute atomic E-state index is 0.0925. The van der Waals surface area contributed by atoms with Gasteiger partial charge in [0.05, 0.1) is 13.2 Å². The fourth-order valence-corrected chi connectivity index (χ4v) is 1.81. The topological polar surface area (TPSA) is 82.1 Å². The van der Waals surface area contributed by atoms with Crippen LogP contribution < -0.4 is 0 Å². The minimum atomic E-state index is -0.479. The van der Waals surface area contributed by atoms with E-state index in [1.54, 1.807) is 0 Å². The molecule has 7 nitrogen and oxygen atoms in total. The third kappa shape index (κ3) is 8.21. The van der Waals surface area contributed by atoms with Crippen LogP contribution in [-0.2, 0) is 28.6 Å². The first-order valence-electron chi connectivity index (χ1n) is 7.61. The van der Waals surface area contributed by atoms with Crippen LogP contribution in [0, 0.1) is 0 Å². The summed E-state index contributed by atoms with van der Waals surface area (Å²) in [4.78, 5) is 32.7. The fourth-order valence-electron chi connectivity index (χ4n) is 1.81. The van der Waals surface area contributed by atoms with E-state index in [0.717, 1.165) is 13.2 Å². The lowest BCUT2D eigenvalue weighted by Crippen LogP contribution is -2.33. The molecule has 0 unspecified atom stereocenters. The highest BCUT2D eigenvalue weighted by Crippen LogP contribution is 2.10. The first-order chi connectivity index (χ1) is 10.5. The van der Waals surface area contributed by atoms with Crippen molar-refractivity contribution >= 4 is 17.7 Å². The van der Waals surface area contributed by atoms with E-state index in [9.17, 15) is 14.4 Å². The van der Waals surface area contributed by atoms with Crippen molar-refractivity contribution in [2.24, 2.45) is 0 Å². The van der Waals surface area contributed by atoms with E-state index in [1.807, 2.05) is 20.8 Å². The second-order valence-corrected chi connectivity index (χ2v) is 4.54. The predicted octanol–water partition coefficient (Wildman–Crippen LogP) is 1.15. The van der Waals surface area contributed by atoms with Crippen LogP contribution in [-0.4, -0.2) is 61.8 Å². The van der Waals surface area contributed by atoms with Gasteiger partial charge < -0.3 is 14.2 Å². The summed E-state index contributed by atoms with van der Waals surface area (Å²) >= 11 is 0. The molecule has 0 bridgehead atoms. The Bertz CT molecular complexity index is 334. The number of ether oxygens (including phenoxy) is 3. The molecule has 0 aromatic carbocycles. The lowest BCUT2D eigenvalue weighted by molar-refractivity contribution is -0.148. The lowest BCUT2D eigenvalue weighted by atomic mass is 10.4. The van der Waals surface area contributed by atoms with Gasteiger partial charge in [-0.05, 0) is 20.8 Å². The zero-order valence-electron chi connectivity index (χ0n) is 13.9. The van der Waals surface area contributed by atoms with E-state index in [-0.39, 0.29) is 30.8 Å². The van der Waals surface area contributed by atoms with E-state index in [4.69, 9.17) is 14.2 Å². The van der Waals surface area contributed by atoms with Gasteiger partial charge in [0.15, 0.2) is 0 Å². The fraction of sp³-hybridized carbons (Fsp3) is 0.800. The molecule has 22 heavy (non-hydrogen) atoms. The zero-order chi connectivity index (χ0) is 17.0. The van der Waals surface area contributed by atoms with Crippen molar-refractivity contribution in [1.29, 1.82) is 0 Å². The van der Waals surface area contributed by atoms with Crippen LogP contribution in [0.4, 0.5) is 0 Å². The van der Waals surface area contributed by atoms with Crippen molar-refractivity contribution in [1.82, 2.24) is 4.90 Å². The summed E-state index contributed by atoms with van der Waals surface area (Å²) < 4.78 is 15.9. The van der Waals surface area contributed by atoms with Crippen molar-refractivity contribution in [2.75, 3.05) is 33.0 Å². The Balaban J connectivity index is 0.000000406. The SMILES string of the molecule is CC(=O)N1C(=O)CCC1=O.CCOCC(COCC)OCC. The summed E-state index contributed by atoms with van der Waals surface area (Å²) in [6.07, 6.45) is 0.450. The van der Waals surface area contributed by atoms with Gasteiger partial charge in [-0.25, -0.2) is 4.90 Å². The Morgan fingerprint density at radius 2 is 1.45 bits per heavy atom. The molecule has 1 rings (SSSR count). The molecule has 0 saturated carbocycles. The summed E-state index contributed by atoms with van der Waals surface area (Å²) in [5, 5.41) is 0. The van der Waals surface area contributed by atoms with Gasteiger partial charge in [0.25, 0.3) is 0 Å². The zero-order valence-corrected chi connectivity index (χ0v) is 13.9. The molecular formula is C15H27NO6. The molecule has 0 aromatic rings. The van der Waals surface area contributed by atoms with Crippen LogP contribution in [0.25, 0.3) is 0 Å². The van der Waals surface area contributed by atoms with Gasteiger partial charge in [-0.15, -0.1) is 0 Å². The molecule has 1 fully saturated rings. The van der Waals surface area contributed by atoms with Crippen molar-refractivity contribution < 1.29 is 28.6 Å². The number of hydrogen-bond donors (Lipinski definition) is 0. The summed E-state index contributed by atoms with van der Waals surface area (Å²) in [5.74, 6) is -1.23. The van der Waals surface area contributed by atoms with Gasteiger partial charge in [0.1, 0.15) is 6.10 Å². The number of hydrogen-bond acceptors (Lipinski definition) is 6. The van der Waals surface area contributed by atoms with Gasteiger partial charge >= 0.3 is 0 Å².